The number of nitrogens with one attached hydrogen (secondary N) is 2. The molecular weight excluding hydrogens is 416 g/mol. The maximum absolute atomic E-state index is 13.0. The van der Waals surface area contributed by atoms with Crippen LogP contribution in [0.15, 0.2) is 59.6 Å². The molecule has 0 heterocycles. The van der Waals surface area contributed by atoms with Crippen molar-refractivity contribution in [2.24, 2.45) is 10.9 Å². The second-order valence-corrected chi connectivity index (χ2v) is 8.47. The third kappa shape index (κ3) is 6.33. The fraction of sp³-hybridized carbons (Fsp3) is 0.423. The number of aliphatic hydroxyl groups excluding tert-OH is 1. The van der Waals surface area contributed by atoms with Crippen molar-refractivity contribution in [1.82, 2.24) is 10.6 Å². The SMILES string of the molecule is COc1ccccc1C(=O)NCC1(c2ccccc2)CCC(CC(=NCCO)NC#N)CC1. The Balaban J connectivity index is 1.72. The number of ether oxygens (including phenoxy) is 1. The van der Waals surface area contributed by atoms with Crippen molar-refractivity contribution in [2.45, 2.75) is 37.5 Å². The molecule has 1 aliphatic rings. The number of methoxy groups -OCH3 is 1. The van der Waals surface area contributed by atoms with Crippen LogP contribution in [0.3, 0.4) is 0 Å². The number of aliphatic hydroxyl groups is 1. The van der Waals surface area contributed by atoms with Gasteiger partial charge in [-0.1, -0.05) is 42.5 Å². The Labute approximate surface area is 195 Å². The van der Waals surface area contributed by atoms with Crippen LogP contribution in [0.1, 0.15) is 48.0 Å². The van der Waals surface area contributed by atoms with Crippen LogP contribution in [0, 0.1) is 17.4 Å². The molecule has 2 aromatic carbocycles. The first kappa shape index (κ1) is 24.3. The van der Waals surface area contributed by atoms with Crippen LogP contribution in [0.2, 0.25) is 0 Å². The molecule has 33 heavy (non-hydrogen) atoms. The van der Waals surface area contributed by atoms with E-state index in [4.69, 9.17) is 15.1 Å². The van der Waals surface area contributed by atoms with Gasteiger partial charge in [-0.3, -0.25) is 15.1 Å². The Morgan fingerprint density at radius 3 is 2.55 bits per heavy atom. The summed E-state index contributed by atoms with van der Waals surface area (Å²) in [5.74, 6) is 1.45. The Kier molecular flexibility index (Phi) is 8.85. The average Bonchev–Trinajstić information content (AvgIpc) is 2.87. The summed E-state index contributed by atoms with van der Waals surface area (Å²) in [7, 11) is 1.57. The van der Waals surface area contributed by atoms with E-state index in [9.17, 15) is 4.79 Å². The van der Waals surface area contributed by atoms with Crippen LogP contribution in [0.25, 0.3) is 0 Å². The van der Waals surface area contributed by atoms with Gasteiger partial charge in [0.2, 0.25) is 0 Å². The van der Waals surface area contributed by atoms with Gasteiger partial charge >= 0.3 is 0 Å². The van der Waals surface area contributed by atoms with Crippen LogP contribution in [0.4, 0.5) is 0 Å². The van der Waals surface area contributed by atoms with E-state index in [1.807, 2.05) is 36.5 Å². The van der Waals surface area contributed by atoms with Gasteiger partial charge in [-0.05, 0) is 49.3 Å². The Bertz CT molecular complexity index is 977. The van der Waals surface area contributed by atoms with Gasteiger partial charge < -0.3 is 15.2 Å². The van der Waals surface area contributed by atoms with Crippen molar-refractivity contribution in [1.29, 1.82) is 5.26 Å². The van der Waals surface area contributed by atoms with E-state index in [1.54, 1.807) is 19.2 Å². The molecule has 1 saturated carbocycles. The quantitative estimate of drug-likeness (QED) is 0.236. The fourth-order valence-electron chi connectivity index (χ4n) is 4.65. The molecule has 1 fully saturated rings. The molecule has 1 aliphatic carbocycles. The summed E-state index contributed by atoms with van der Waals surface area (Å²) in [6.45, 7) is 0.798. The highest BCUT2D eigenvalue weighted by Crippen LogP contribution is 2.42. The molecule has 0 unspecified atom stereocenters. The molecule has 3 N–H and O–H groups in total. The van der Waals surface area contributed by atoms with Gasteiger partial charge in [-0.2, -0.15) is 5.26 Å². The molecule has 7 nitrogen and oxygen atoms in total. The molecule has 0 radical (unpaired) electrons. The van der Waals surface area contributed by atoms with Crippen molar-refractivity contribution < 1.29 is 14.6 Å². The standard InChI is InChI=1S/C26H32N4O3/c1-33-23-10-6-5-9-22(23)25(32)29-18-26(21-7-3-2-4-8-21)13-11-20(12-14-26)17-24(30-19-27)28-15-16-31/h2-10,20,31H,11-18H2,1H3,(H,28,30)(H,29,32). The number of hydrogen-bond acceptors (Lipinski definition) is 5. The number of para-hydroxylation sites is 1. The number of amides is 1. The highest BCUT2D eigenvalue weighted by atomic mass is 16.5. The van der Waals surface area contributed by atoms with Crippen LogP contribution < -0.4 is 15.4 Å². The summed E-state index contributed by atoms with van der Waals surface area (Å²) in [6, 6.07) is 17.6. The molecule has 0 spiro atoms. The number of carbonyl (C=O) groups excluding carboxylic acids is 1. The molecule has 174 valence electrons. The third-order valence-corrected chi connectivity index (χ3v) is 6.47. The van der Waals surface area contributed by atoms with Gasteiger partial charge in [0.1, 0.15) is 11.6 Å². The minimum Gasteiger partial charge on any atom is -0.496 e. The van der Waals surface area contributed by atoms with Crippen LogP contribution in [0.5, 0.6) is 5.75 Å². The summed E-state index contributed by atoms with van der Waals surface area (Å²) in [5.41, 5.74) is 1.61. The Hall–Kier alpha value is -3.37. The van der Waals surface area contributed by atoms with Gasteiger partial charge in [-0.15, -0.1) is 0 Å². The number of aliphatic imine (C=N–C) groups is 1. The van der Waals surface area contributed by atoms with Crippen molar-refractivity contribution in [2.75, 3.05) is 26.8 Å². The maximum atomic E-state index is 13.0. The highest BCUT2D eigenvalue weighted by molar-refractivity contribution is 5.97. The molecule has 0 atom stereocenters. The molecule has 0 aromatic heterocycles. The minimum atomic E-state index is -0.152. The van der Waals surface area contributed by atoms with E-state index < -0.39 is 0 Å². The number of hydrogen-bond donors (Lipinski definition) is 3. The first-order valence-corrected chi connectivity index (χ1v) is 11.4. The summed E-state index contributed by atoms with van der Waals surface area (Å²) in [4.78, 5) is 17.3. The Morgan fingerprint density at radius 1 is 1.18 bits per heavy atom. The van der Waals surface area contributed by atoms with Crippen LogP contribution >= 0.6 is 0 Å². The highest BCUT2D eigenvalue weighted by Gasteiger charge is 2.37. The average molecular weight is 449 g/mol. The van der Waals surface area contributed by atoms with Gasteiger partial charge in [0, 0.05) is 18.4 Å². The lowest BCUT2D eigenvalue weighted by molar-refractivity contribution is 0.0929. The van der Waals surface area contributed by atoms with E-state index in [2.05, 4.69) is 27.8 Å². The van der Waals surface area contributed by atoms with E-state index in [-0.39, 0.29) is 17.9 Å². The lowest BCUT2D eigenvalue weighted by atomic mass is 9.66. The molecular formula is C26H32N4O3. The number of benzene rings is 2. The molecule has 1 amide bonds. The van der Waals surface area contributed by atoms with Gasteiger partial charge in [0.15, 0.2) is 6.19 Å². The number of rotatable bonds is 9. The predicted octanol–water partition coefficient (Wildman–Crippen LogP) is 3.40. The number of carbonyl (C=O) groups is 1. The zero-order valence-corrected chi connectivity index (χ0v) is 19.1. The number of nitrogens with zero attached hydrogens (tertiary/aromatic N) is 2. The normalized spacial score (nSPS) is 20.5. The lowest BCUT2D eigenvalue weighted by Gasteiger charge is -2.41. The van der Waals surface area contributed by atoms with Crippen molar-refractivity contribution in [3.8, 4) is 11.9 Å². The van der Waals surface area contributed by atoms with E-state index in [0.29, 0.717) is 42.6 Å². The van der Waals surface area contributed by atoms with E-state index in [0.717, 1.165) is 25.7 Å². The second-order valence-electron chi connectivity index (χ2n) is 8.47. The first-order valence-electron chi connectivity index (χ1n) is 11.4. The molecule has 3 rings (SSSR count). The fourth-order valence-corrected chi connectivity index (χ4v) is 4.65. The lowest BCUT2D eigenvalue weighted by Crippen LogP contribution is -2.43. The summed E-state index contributed by atoms with van der Waals surface area (Å²) < 4.78 is 5.35. The van der Waals surface area contributed by atoms with Crippen molar-refractivity contribution in [3.05, 3.63) is 65.7 Å². The topological polar surface area (TPSA) is 107 Å². The molecule has 2 aromatic rings. The number of nitriles is 1. The number of amidine groups is 1. The summed E-state index contributed by atoms with van der Waals surface area (Å²) in [6.07, 6.45) is 6.41. The molecule has 7 heteroatoms. The second kappa shape index (κ2) is 12.0. The predicted molar refractivity (Wildman–Crippen MR) is 128 cm³/mol. The van der Waals surface area contributed by atoms with Crippen molar-refractivity contribution in [3.63, 3.8) is 0 Å². The Morgan fingerprint density at radius 2 is 1.88 bits per heavy atom. The van der Waals surface area contributed by atoms with Gasteiger partial charge in [0.05, 0.1) is 25.8 Å². The van der Waals surface area contributed by atoms with Crippen LogP contribution in [-0.2, 0) is 5.41 Å². The van der Waals surface area contributed by atoms with Gasteiger partial charge in [-0.25, -0.2) is 0 Å². The molecule has 0 saturated heterocycles. The van der Waals surface area contributed by atoms with Gasteiger partial charge in [0.25, 0.3) is 5.91 Å². The minimum absolute atomic E-state index is 0.0374. The summed E-state index contributed by atoms with van der Waals surface area (Å²) >= 11 is 0. The largest absolute Gasteiger partial charge is 0.496 e. The first-order chi connectivity index (χ1) is 16.1. The zero-order valence-electron chi connectivity index (χ0n) is 19.1. The molecule has 0 aliphatic heterocycles. The monoisotopic (exact) mass is 448 g/mol. The van der Waals surface area contributed by atoms with E-state index >= 15 is 0 Å². The summed E-state index contributed by atoms with van der Waals surface area (Å²) in [5, 5.41) is 23.9. The van der Waals surface area contributed by atoms with Crippen molar-refractivity contribution >= 4 is 11.7 Å². The third-order valence-electron chi connectivity index (χ3n) is 6.47. The maximum Gasteiger partial charge on any atom is 0.255 e. The van der Waals surface area contributed by atoms with E-state index in [1.165, 1.54) is 5.56 Å². The smallest absolute Gasteiger partial charge is 0.255 e. The molecule has 0 bridgehead atoms. The zero-order chi connectivity index (χ0) is 23.5. The van der Waals surface area contributed by atoms with Crippen LogP contribution in [-0.4, -0.2) is 43.7 Å².